The lowest BCUT2D eigenvalue weighted by molar-refractivity contribution is 0.672. The molecule has 2 nitrogen and oxygen atoms in total. The predicted octanol–water partition coefficient (Wildman–Crippen LogP) is 5.29. The maximum Gasteiger partial charge on any atom is 0.127 e. The number of fused-ring (bicyclic) bond motifs is 1. The average Bonchev–Trinajstić information content (AvgIpc) is 3.00. The van der Waals surface area contributed by atoms with E-state index in [1.165, 1.54) is 4.88 Å². The van der Waals surface area contributed by atoms with E-state index in [1.807, 2.05) is 31.2 Å². The first-order valence-corrected chi connectivity index (χ1v) is 8.11. The molecule has 1 atom stereocenters. The molecule has 20 heavy (non-hydrogen) atoms. The maximum absolute atomic E-state index is 6.26. The number of halogens is 2. The van der Waals surface area contributed by atoms with Gasteiger partial charge in [0.05, 0.1) is 20.7 Å². The van der Waals surface area contributed by atoms with Crippen molar-refractivity contribution in [3.05, 3.63) is 51.4 Å². The molecule has 0 fully saturated rings. The molecule has 0 saturated heterocycles. The van der Waals surface area contributed by atoms with Crippen molar-refractivity contribution in [3.63, 3.8) is 0 Å². The van der Waals surface area contributed by atoms with Crippen LogP contribution >= 0.6 is 34.5 Å². The second-order valence-electron chi connectivity index (χ2n) is 4.68. The fraction of sp³-hybridized carbons (Fsp3) is 0.267. The first kappa shape index (κ1) is 13.9. The zero-order valence-corrected chi connectivity index (χ0v) is 13.3. The molecule has 0 aliphatic carbocycles. The van der Waals surface area contributed by atoms with Gasteiger partial charge in [-0.3, -0.25) is 0 Å². The summed E-state index contributed by atoms with van der Waals surface area (Å²) in [6, 6.07) is 12.2. The van der Waals surface area contributed by atoms with Gasteiger partial charge < -0.3 is 4.57 Å². The lowest BCUT2D eigenvalue weighted by Crippen LogP contribution is -2.06. The minimum Gasteiger partial charge on any atom is -0.326 e. The average molecular weight is 325 g/mol. The first-order valence-electron chi connectivity index (χ1n) is 6.48. The van der Waals surface area contributed by atoms with Crippen molar-refractivity contribution in [2.75, 3.05) is 0 Å². The number of hydrogen-bond acceptors (Lipinski definition) is 2. The highest BCUT2D eigenvalue weighted by Crippen LogP contribution is 2.26. The Labute approximate surface area is 132 Å². The van der Waals surface area contributed by atoms with E-state index in [4.69, 9.17) is 23.2 Å². The number of benzene rings is 1. The van der Waals surface area contributed by atoms with Crippen molar-refractivity contribution in [1.82, 2.24) is 9.55 Å². The quantitative estimate of drug-likeness (QED) is 0.596. The monoisotopic (exact) mass is 324 g/mol. The van der Waals surface area contributed by atoms with E-state index in [0.717, 1.165) is 34.2 Å². The van der Waals surface area contributed by atoms with Crippen LogP contribution in [-0.2, 0) is 13.0 Å². The zero-order chi connectivity index (χ0) is 14.1. The number of para-hydroxylation sites is 2. The Hall–Kier alpha value is -1.03. The molecule has 0 aliphatic heterocycles. The summed E-state index contributed by atoms with van der Waals surface area (Å²) in [6.07, 6.45) is 0.939. The molecule has 0 N–H and O–H groups in total. The van der Waals surface area contributed by atoms with Gasteiger partial charge in [-0.05, 0) is 37.6 Å². The number of nitrogens with zero attached hydrogens (tertiary/aromatic N) is 2. The summed E-state index contributed by atoms with van der Waals surface area (Å²) >= 11 is 13.9. The Morgan fingerprint density at radius 2 is 2.05 bits per heavy atom. The standard InChI is InChI=1S/C15H14Cl2N2S/c1-10(16)15-18-12-4-2-3-5-13(12)19(15)9-8-11-6-7-14(17)20-11/h2-7,10H,8-9H2,1H3. The van der Waals surface area contributed by atoms with E-state index in [0.29, 0.717) is 0 Å². The van der Waals surface area contributed by atoms with Crippen LogP contribution in [-0.4, -0.2) is 9.55 Å². The lowest BCUT2D eigenvalue weighted by Gasteiger charge is -2.09. The molecule has 1 aromatic carbocycles. The second kappa shape index (κ2) is 5.76. The van der Waals surface area contributed by atoms with Crippen LogP contribution in [0.5, 0.6) is 0 Å². The highest BCUT2D eigenvalue weighted by molar-refractivity contribution is 7.16. The van der Waals surface area contributed by atoms with E-state index < -0.39 is 0 Å². The van der Waals surface area contributed by atoms with E-state index in [1.54, 1.807) is 11.3 Å². The Balaban J connectivity index is 1.94. The van der Waals surface area contributed by atoms with Crippen molar-refractivity contribution in [2.45, 2.75) is 25.3 Å². The van der Waals surface area contributed by atoms with Gasteiger partial charge >= 0.3 is 0 Å². The minimum atomic E-state index is -0.102. The summed E-state index contributed by atoms with van der Waals surface area (Å²) in [6.45, 7) is 2.82. The van der Waals surface area contributed by atoms with Gasteiger partial charge in [0.1, 0.15) is 5.82 Å². The topological polar surface area (TPSA) is 17.8 Å². The lowest BCUT2D eigenvalue weighted by atomic mass is 10.3. The highest BCUT2D eigenvalue weighted by atomic mass is 35.5. The molecule has 0 spiro atoms. The van der Waals surface area contributed by atoms with E-state index in [2.05, 4.69) is 21.7 Å². The molecule has 0 radical (unpaired) electrons. The maximum atomic E-state index is 6.26. The summed E-state index contributed by atoms with van der Waals surface area (Å²) in [5.41, 5.74) is 2.14. The normalized spacial score (nSPS) is 12.9. The molecule has 0 aliphatic rings. The Morgan fingerprint density at radius 1 is 1.25 bits per heavy atom. The van der Waals surface area contributed by atoms with Gasteiger partial charge in [0.25, 0.3) is 0 Å². The van der Waals surface area contributed by atoms with Gasteiger partial charge in [-0.15, -0.1) is 22.9 Å². The molecule has 0 bridgehead atoms. The molecule has 3 rings (SSSR count). The van der Waals surface area contributed by atoms with Gasteiger partial charge in [-0.25, -0.2) is 4.98 Å². The molecule has 2 aromatic heterocycles. The second-order valence-corrected chi connectivity index (χ2v) is 7.14. The smallest absolute Gasteiger partial charge is 0.127 e. The summed E-state index contributed by atoms with van der Waals surface area (Å²) in [5, 5.41) is -0.102. The van der Waals surface area contributed by atoms with Crippen molar-refractivity contribution < 1.29 is 0 Å². The molecule has 0 amide bonds. The summed E-state index contributed by atoms with van der Waals surface area (Å²) in [4.78, 5) is 5.92. The minimum absolute atomic E-state index is 0.102. The number of alkyl halides is 1. The highest BCUT2D eigenvalue weighted by Gasteiger charge is 2.14. The van der Waals surface area contributed by atoms with E-state index in [-0.39, 0.29) is 5.38 Å². The molecular formula is C15H14Cl2N2S. The third-order valence-electron chi connectivity index (χ3n) is 3.25. The number of rotatable bonds is 4. The first-order chi connectivity index (χ1) is 9.65. The molecule has 0 saturated carbocycles. The number of aryl methyl sites for hydroxylation is 2. The number of imidazole rings is 1. The SMILES string of the molecule is CC(Cl)c1nc2ccccc2n1CCc1ccc(Cl)s1. The van der Waals surface area contributed by atoms with Crippen LogP contribution in [0.3, 0.4) is 0 Å². The Kier molecular flexibility index (Phi) is 4.01. The Morgan fingerprint density at radius 3 is 2.75 bits per heavy atom. The molecule has 104 valence electrons. The predicted molar refractivity (Wildman–Crippen MR) is 87.0 cm³/mol. The fourth-order valence-corrected chi connectivity index (χ4v) is 3.58. The third kappa shape index (κ3) is 2.71. The summed E-state index contributed by atoms with van der Waals surface area (Å²) in [7, 11) is 0. The number of thiophene rings is 1. The summed E-state index contributed by atoms with van der Waals surface area (Å²) < 4.78 is 3.04. The largest absolute Gasteiger partial charge is 0.326 e. The number of aromatic nitrogens is 2. The van der Waals surface area contributed by atoms with Gasteiger partial charge in [0.2, 0.25) is 0 Å². The van der Waals surface area contributed by atoms with Gasteiger partial charge in [-0.2, -0.15) is 0 Å². The zero-order valence-electron chi connectivity index (χ0n) is 11.0. The van der Waals surface area contributed by atoms with Crippen molar-refractivity contribution in [2.24, 2.45) is 0 Å². The van der Waals surface area contributed by atoms with Crippen LogP contribution in [0.2, 0.25) is 4.34 Å². The Bertz CT molecular complexity index is 730. The molecular weight excluding hydrogens is 311 g/mol. The molecule has 1 unspecified atom stereocenters. The molecule has 2 heterocycles. The fourth-order valence-electron chi connectivity index (χ4n) is 2.34. The van der Waals surface area contributed by atoms with Crippen molar-refractivity contribution in [1.29, 1.82) is 0 Å². The van der Waals surface area contributed by atoms with Gasteiger partial charge in [-0.1, -0.05) is 23.7 Å². The van der Waals surface area contributed by atoms with Crippen LogP contribution in [0.25, 0.3) is 11.0 Å². The van der Waals surface area contributed by atoms with Crippen LogP contribution in [0, 0.1) is 0 Å². The number of hydrogen-bond donors (Lipinski definition) is 0. The van der Waals surface area contributed by atoms with Crippen LogP contribution in [0.15, 0.2) is 36.4 Å². The molecule has 5 heteroatoms. The van der Waals surface area contributed by atoms with E-state index in [9.17, 15) is 0 Å². The van der Waals surface area contributed by atoms with Crippen LogP contribution in [0.4, 0.5) is 0 Å². The van der Waals surface area contributed by atoms with Gasteiger partial charge in [0.15, 0.2) is 0 Å². The third-order valence-corrected chi connectivity index (χ3v) is 4.74. The summed E-state index contributed by atoms with van der Waals surface area (Å²) in [5.74, 6) is 0.926. The van der Waals surface area contributed by atoms with Crippen molar-refractivity contribution in [3.8, 4) is 0 Å². The van der Waals surface area contributed by atoms with Crippen molar-refractivity contribution >= 4 is 45.6 Å². The van der Waals surface area contributed by atoms with Crippen LogP contribution in [0.1, 0.15) is 23.0 Å². The van der Waals surface area contributed by atoms with Crippen LogP contribution < -0.4 is 0 Å². The molecule has 3 aromatic rings. The van der Waals surface area contributed by atoms with Gasteiger partial charge in [0, 0.05) is 11.4 Å². The van der Waals surface area contributed by atoms with E-state index >= 15 is 0 Å².